The van der Waals surface area contributed by atoms with Crippen molar-refractivity contribution in [3.8, 4) is 6.19 Å². The minimum absolute atomic E-state index is 0.0889. The summed E-state index contributed by atoms with van der Waals surface area (Å²) in [6, 6.07) is 4.07. The highest BCUT2D eigenvalue weighted by Crippen LogP contribution is 2.28. The predicted octanol–water partition coefficient (Wildman–Crippen LogP) is 1.53. The number of rotatable bonds is 3. The minimum atomic E-state index is -0.654. The molecule has 1 N–H and O–H groups in total. The van der Waals surface area contributed by atoms with E-state index >= 15 is 0 Å². The van der Waals surface area contributed by atoms with Gasteiger partial charge in [0.15, 0.2) is 6.19 Å². The molecule has 6 nitrogen and oxygen atoms in total. The molecular weight excluding hydrogens is 230 g/mol. The van der Waals surface area contributed by atoms with Gasteiger partial charge in [-0.1, -0.05) is 0 Å². The lowest BCUT2D eigenvalue weighted by atomic mass is 10.2. The molecule has 0 saturated carbocycles. The number of carbonyl (C=O) groups excluding carboxylic acids is 1. The van der Waals surface area contributed by atoms with Crippen molar-refractivity contribution >= 4 is 23.4 Å². The molecule has 1 aromatic rings. The number of nitro benzene ring substituents is 1. The quantitative estimate of drug-likeness (QED) is 0.283. The summed E-state index contributed by atoms with van der Waals surface area (Å²) >= 11 is 1.22. The minimum Gasteiger partial charge on any atom is -0.268 e. The van der Waals surface area contributed by atoms with Crippen LogP contribution in [0.1, 0.15) is 10.4 Å². The molecule has 0 heterocycles. The molecule has 7 heteroatoms. The highest BCUT2D eigenvalue weighted by atomic mass is 32.2. The average Bonchev–Trinajstić information content (AvgIpc) is 2.28. The fourth-order valence-corrected chi connectivity index (χ4v) is 1.64. The number of nitrogens with one attached hydrogen (secondary N) is 1. The summed E-state index contributed by atoms with van der Waals surface area (Å²) in [7, 11) is 0. The maximum Gasteiger partial charge on any atom is 0.283 e. The second kappa shape index (κ2) is 5.14. The van der Waals surface area contributed by atoms with Gasteiger partial charge in [0.1, 0.15) is 0 Å². The number of hydrogen-bond acceptors (Lipinski definition) is 5. The Morgan fingerprint density at radius 2 is 2.31 bits per heavy atom. The van der Waals surface area contributed by atoms with Crippen molar-refractivity contribution in [2.75, 3.05) is 6.26 Å². The lowest BCUT2D eigenvalue weighted by molar-refractivity contribution is -0.387. The van der Waals surface area contributed by atoms with Gasteiger partial charge in [-0.2, -0.15) is 5.26 Å². The Morgan fingerprint density at radius 1 is 1.62 bits per heavy atom. The molecule has 0 spiro atoms. The van der Waals surface area contributed by atoms with Crippen molar-refractivity contribution < 1.29 is 9.72 Å². The van der Waals surface area contributed by atoms with E-state index in [9.17, 15) is 14.9 Å². The standard InChI is InChI=1S/C9H7N3O3S/c1-16-8-3-2-6(9(13)11-5-10)4-7(8)12(14)15/h2-4H,1H3,(H,11,13). The molecule has 0 radical (unpaired) electrons. The summed E-state index contributed by atoms with van der Waals surface area (Å²) in [6.07, 6.45) is 3.17. The van der Waals surface area contributed by atoms with Gasteiger partial charge >= 0.3 is 0 Å². The normalized spacial score (nSPS) is 9.25. The summed E-state index contributed by atoms with van der Waals surface area (Å²) < 4.78 is 0. The van der Waals surface area contributed by atoms with Crippen LogP contribution in [-0.4, -0.2) is 17.1 Å². The molecule has 16 heavy (non-hydrogen) atoms. The van der Waals surface area contributed by atoms with Crippen molar-refractivity contribution in [1.29, 1.82) is 5.26 Å². The molecule has 0 aromatic heterocycles. The topological polar surface area (TPSA) is 96.0 Å². The van der Waals surface area contributed by atoms with Crippen LogP contribution < -0.4 is 5.32 Å². The van der Waals surface area contributed by atoms with Gasteiger partial charge in [0, 0.05) is 11.6 Å². The number of nitrogens with zero attached hydrogens (tertiary/aromatic N) is 2. The summed E-state index contributed by atoms with van der Waals surface area (Å²) in [4.78, 5) is 21.9. The van der Waals surface area contributed by atoms with E-state index in [1.54, 1.807) is 6.26 Å². The maximum atomic E-state index is 11.3. The van der Waals surface area contributed by atoms with E-state index in [1.807, 2.05) is 5.32 Å². The Morgan fingerprint density at radius 3 is 2.81 bits per heavy atom. The molecule has 1 aromatic carbocycles. The first-order chi connectivity index (χ1) is 7.60. The average molecular weight is 237 g/mol. The fraction of sp³-hybridized carbons (Fsp3) is 0.111. The molecule has 1 amide bonds. The summed E-state index contributed by atoms with van der Waals surface area (Å²) in [5.41, 5.74) is -0.0517. The molecule has 0 unspecified atom stereocenters. The Labute approximate surface area is 95.4 Å². The van der Waals surface area contributed by atoms with Crippen LogP contribution in [0.3, 0.4) is 0 Å². The number of nitriles is 1. The van der Waals surface area contributed by atoms with Crippen molar-refractivity contribution in [3.05, 3.63) is 33.9 Å². The van der Waals surface area contributed by atoms with Gasteiger partial charge in [0.25, 0.3) is 11.6 Å². The molecular formula is C9H7N3O3S. The van der Waals surface area contributed by atoms with Crippen LogP contribution in [0.4, 0.5) is 5.69 Å². The van der Waals surface area contributed by atoms with Crippen LogP contribution >= 0.6 is 11.8 Å². The van der Waals surface area contributed by atoms with E-state index in [2.05, 4.69) is 0 Å². The molecule has 0 atom stereocenters. The zero-order valence-electron chi connectivity index (χ0n) is 8.26. The van der Waals surface area contributed by atoms with E-state index in [1.165, 1.54) is 30.1 Å². The molecule has 0 aliphatic heterocycles. The van der Waals surface area contributed by atoms with E-state index in [0.29, 0.717) is 4.90 Å². The Bertz CT molecular complexity index is 481. The number of carbonyl (C=O) groups is 1. The van der Waals surface area contributed by atoms with Crippen LogP contribution in [0.2, 0.25) is 0 Å². The van der Waals surface area contributed by atoms with Crippen LogP contribution in [0, 0.1) is 21.6 Å². The van der Waals surface area contributed by atoms with Crippen LogP contribution in [0.5, 0.6) is 0 Å². The van der Waals surface area contributed by atoms with Gasteiger partial charge in [0.05, 0.1) is 9.82 Å². The smallest absolute Gasteiger partial charge is 0.268 e. The number of nitro groups is 1. The maximum absolute atomic E-state index is 11.3. The first kappa shape index (κ1) is 12.0. The van der Waals surface area contributed by atoms with Gasteiger partial charge in [0.2, 0.25) is 0 Å². The van der Waals surface area contributed by atoms with E-state index in [-0.39, 0.29) is 11.3 Å². The van der Waals surface area contributed by atoms with Gasteiger partial charge < -0.3 is 0 Å². The zero-order valence-corrected chi connectivity index (χ0v) is 9.08. The lowest BCUT2D eigenvalue weighted by Crippen LogP contribution is -2.17. The zero-order chi connectivity index (χ0) is 12.1. The first-order valence-electron chi connectivity index (χ1n) is 4.12. The van der Waals surface area contributed by atoms with Gasteiger partial charge in [-0.25, -0.2) is 0 Å². The third-order valence-corrected chi connectivity index (χ3v) is 2.59. The highest BCUT2D eigenvalue weighted by molar-refractivity contribution is 7.98. The Hall–Kier alpha value is -2.07. The molecule has 0 saturated heterocycles. The molecule has 0 bridgehead atoms. The molecule has 0 aliphatic carbocycles. The summed E-state index contributed by atoms with van der Waals surface area (Å²) in [5, 5.41) is 20.9. The van der Waals surface area contributed by atoms with Crippen molar-refractivity contribution in [1.82, 2.24) is 5.32 Å². The Balaban J connectivity index is 3.17. The monoisotopic (exact) mass is 237 g/mol. The number of thioether (sulfide) groups is 1. The van der Waals surface area contributed by atoms with Gasteiger partial charge in [-0.05, 0) is 18.4 Å². The second-order valence-electron chi connectivity index (χ2n) is 2.71. The van der Waals surface area contributed by atoms with Crippen LogP contribution in [0.25, 0.3) is 0 Å². The van der Waals surface area contributed by atoms with Crippen molar-refractivity contribution in [3.63, 3.8) is 0 Å². The first-order valence-corrected chi connectivity index (χ1v) is 5.34. The molecule has 1 rings (SSSR count). The second-order valence-corrected chi connectivity index (χ2v) is 3.56. The van der Waals surface area contributed by atoms with Crippen molar-refractivity contribution in [2.45, 2.75) is 4.90 Å². The highest BCUT2D eigenvalue weighted by Gasteiger charge is 2.16. The number of benzene rings is 1. The van der Waals surface area contributed by atoms with Crippen molar-refractivity contribution in [2.24, 2.45) is 0 Å². The van der Waals surface area contributed by atoms with E-state index in [4.69, 9.17) is 5.26 Å². The predicted molar refractivity (Wildman–Crippen MR) is 58.0 cm³/mol. The SMILES string of the molecule is CSc1ccc(C(=O)NC#N)cc1[N+](=O)[O-]. The van der Waals surface area contributed by atoms with Gasteiger partial charge in [-0.15, -0.1) is 11.8 Å². The van der Waals surface area contributed by atoms with Crippen LogP contribution in [-0.2, 0) is 0 Å². The largest absolute Gasteiger partial charge is 0.283 e. The molecule has 82 valence electrons. The molecule has 0 fully saturated rings. The number of amides is 1. The van der Waals surface area contributed by atoms with E-state index in [0.717, 1.165) is 6.07 Å². The van der Waals surface area contributed by atoms with Crippen LogP contribution in [0.15, 0.2) is 23.1 Å². The fourth-order valence-electron chi connectivity index (χ4n) is 1.10. The third-order valence-electron chi connectivity index (χ3n) is 1.81. The summed E-state index contributed by atoms with van der Waals surface area (Å²) in [6.45, 7) is 0. The van der Waals surface area contributed by atoms with E-state index < -0.39 is 10.8 Å². The number of hydrogen-bond donors (Lipinski definition) is 1. The molecule has 0 aliphatic rings. The Kier molecular flexibility index (Phi) is 3.85. The summed E-state index contributed by atoms with van der Waals surface area (Å²) in [5.74, 6) is -0.654. The van der Waals surface area contributed by atoms with Gasteiger partial charge in [-0.3, -0.25) is 20.2 Å². The third kappa shape index (κ3) is 2.49. The lowest BCUT2D eigenvalue weighted by Gasteiger charge is -2.01.